The van der Waals surface area contributed by atoms with Gasteiger partial charge in [-0.1, -0.05) is 25.1 Å². The van der Waals surface area contributed by atoms with Crippen LogP contribution in [0.5, 0.6) is 0 Å². The molecule has 0 fully saturated rings. The number of rotatable bonds is 5. The number of hydrogen-bond donors (Lipinski definition) is 2. The molecule has 2 N–H and O–H groups in total. The SMILES string of the molecule is CC(CO)C(C)NCc1cccc(C(F)(F)F)c1. The maximum absolute atomic E-state index is 12.5. The number of nitrogens with one attached hydrogen (secondary N) is 1. The first-order chi connectivity index (χ1) is 8.34. The Bertz CT molecular complexity index is 379. The molecule has 0 spiro atoms. The van der Waals surface area contributed by atoms with Gasteiger partial charge in [0, 0.05) is 19.2 Å². The topological polar surface area (TPSA) is 32.3 Å². The minimum absolute atomic E-state index is 0.0459. The van der Waals surface area contributed by atoms with E-state index < -0.39 is 11.7 Å². The zero-order chi connectivity index (χ0) is 13.8. The molecule has 0 aliphatic rings. The molecule has 2 unspecified atom stereocenters. The van der Waals surface area contributed by atoms with Gasteiger partial charge >= 0.3 is 6.18 Å². The molecule has 0 radical (unpaired) electrons. The third-order valence-electron chi connectivity index (χ3n) is 3.02. The molecule has 0 bridgehead atoms. The molecule has 1 aromatic carbocycles. The summed E-state index contributed by atoms with van der Waals surface area (Å²) in [4.78, 5) is 0. The van der Waals surface area contributed by atoms with E-state index in [9.17, 15) is 13.2 Å². The van der Waals surface area contributed by atoms with Gasteiger partial charge in [-0.25, -0.2) is 0 Å². The molecule has 0 heterocycles. The predicted octanol–water partition coefficient (Wildman–Crippen LogP) is 2.81. The number of aliphatic hydroxyl groups excluding tert-OH is 1. The first-order valence-electron chi connectivity index (χ1n) is 5.85. The van der Waals surface area contributed by atoms with E-state index in [1.54, 1.807) is 6.07 Å². The maximum Gasteiger partial charge on any atom is 0.416 e. The number of halogens is 3. The Hall–Kier alpha value is -1.07. The zero-order valence-electron chi connectivity index (χ0n) is 10.5. The summed E-state index contributed by atoms with van der Waals surface area (Å²) in [7, 11) is 0. The van der Waals surface area contributed by atoms with Crippen LogP contribution < -0.4 is 5.32 Å². The molecule has 0 saturated carbocycles. The summed E-state index contributed by atoms with van der Waals surface area (Å²) in [5.74, 6) is 0.0656. The van der Waals surface area contributed by atoms with Crippen molar-refractivity contribution in [1.82, 2.24) is 5.32 Å². The molecule has 0 saturated heterocycles. The van der Waals surface area contributed by atoms with E-state index in [0.717, 1.165) is 12.1 Å². The maximum atomic E-state index is 12.5. The minimum atomic E-state index is -4.31. The molecule has 0 aliphatic heterocycles. The second-order valence-corrected chi connectivity index (χ2v) is 4.53. The van der Waals surface area contributed by atoms with E-state index in [-0.39, 0.29) is 18.6 Å². The van der Waals surface area contributed by atoms with Crippen LogP contribution in [0.3, 0.4) is 0 Å². The Kier molecular flexibility index (Phi) is 5.16. The van der Waals surface area contributed by atoms with E-state index in [2.05, 4.69) is 5.32 Å². The predicted molar refractivity (Wildman–Crippen MR) is 64.0 cm³/mol. The highest BCUT2D eigenvalue weighted by Crippen LogP contribution is 2.29. The third-order valence-corrected chi connectivity index (χ3v) is 3.02. The summed E-state index contributed by atoms with van der Waals surface area (Å²) in [5, 5.41) is 12.1. The smallest absolute Gasteiger partial charge is 0.396 e. The fraction of sp³-hybridized carbons (Fsp3) is 0.538. The second kappa shape index (κ2) is 6.20. The zero-order valence-corrected chi connectivity index (χ0v) is 10.5. The summed E-state index contributed by atoms with van der Waals surface area (Å²) in [6.45, 7) is 4.19. The molecular weight excluding hydrogens is 243 g/mol. The van der Waals surface area contributed by atoms with Crippen molar-refractivity contribution >= 4 is 0 Å². The minimum Gasteiger partial charge on any atom is -0.396 e. The lowest BCUT2D eigenvalue weighted by Gasteiger charge is -2.19. The Morgan fingerprint density at radius 3 is 2.50 bits per heavy atom. The van der Waals surface area contributed by atoms with Crippen molar-refractivity contribution in [2.24, 2.45) is 5.92 Å². The lowest BCUT2D eigenvalue weighted by atomic mass is 10.0. The molecule has 5 heteroatoms. The van der Waals surface area contributed by atoms with E-state index >= 15 is 0 Å². The van der Waals surface area contributed by atoms with Gasteiger partial charge in [-0.15, -0.1) is 0 Å². The molecule has 0 aromatic heterocycles. The third kappa shape index (κ3) is 4.31. The van der Waals surface area contributed by atoms with Gasteiger partial charge < -0.3 is 10.4 Å². The summed E-state index contributed by atoms with van der Waals surface area (Å²) in [6, 6.07) is 5.30. The molecule has 0 aliphatic carbocycles. The molecule has 1 aromatic rings. The van der Waals surface area contributed by atoms with Gasteiger partial charge in [-0.05, 0) is 24.5 Å². The Morgan fingerprint density at radius 2 is 1.94 bits per heavy atom. The van der Waals surface area contributed by atoms with Gasteiger partial charge in [-0.3, -0.25) is 0 Å². The Labute approximate surface area is 105 Å². The van der Waals surface area contributed by atoms with Gasteiger partial charge in [0.2, 0.25) is 0 Å². The van der Waals surface area contributed by atoms with Crippen molar-refractivity contribution < 1.29 is 18.3 Å². The highest BCUT2D eigenvalue weighted by atomic mass is 19.4. The van der Waals surface area contributed by atoms with Crippen LogP contribution in [0.2, 0.25) is 0 Å². The monoisotopic (exact) mass is 261 g/mol. The van der Waals surface area contributed by atoms with Crippen LogP contribution in [-0.2, 0) is 12.7 Å². The van der Waals surface area contributed by atoms with Crippen molar-refractivity contribution in [3.8, 4) is 0 Å². The van der Waals surface area contributed by atoms with E-state index in [1.807, 2.05) is 13.8 Å². The Balaban J connectivity index is 2.63. The fourth-order valence-electron chi connectivity index (χ4n) is 1.50. The average Bonchev–Trinajstić information content (AvgIpc) is 2.34. The highest BCUT2D eigenvalue weighted by molar-refractivity contribution is 5.25. The Morgan fingerprint density at radius 1 is 1.28 bits per heavy atom. The molecule has 18 heavy (non-hydrogen) atoms. The van der Waals surface area contributed by atoms with Crippen molar-refractivity contribution in [3.05, 3.63) is 35.4 Å². The van der Waals surface area contributed by atoms with Crippen molar-refractivity contribution in [2.45, 2.75) is 32.6 Å². The van der Waals surface area contributed by atoms with E-state index in [1.165, 1.54) is 6.07 Å². The molecule has 2 nitrogen and oxygen atoms in total. The lowest BCUT2D eigenvalue weighted by Crippen LogP contribution is -2.33. The van der Waals surface area contributed by atoms with Crippen LogP contribution in [0.15, 0.2) is 24.3 Å². The summed E-state index contributed by atoms with van der Waals surface area (Å²) in [6.07, 6.45) is -4.31. The molecule has 0 amide bonds. The van der Waals surface area contributed by atoms with Crippen LogP contribution in [0.1, 0.15) is 25.0 Å². The number of hydrogen-bond acceptors (Lipinski definition) is 2. The van der Waals surface area contributed by atoms with Crippen LogP contribution in [0, 0.1) is 5.92 Å². The molecular formula is C13H18F3NO. The first kappa shape index (κ1) is 15.0. The quantitative estimate of drug-likeness (QED) is 0.854. The number of aliphatic hydroxyl groups is 1. The van der Waals surface area contributed by atoms with Gasteiger partial charge in [-0.2, -0.15) is 13.2 Å². The van der Waals surface area contributed by atoms with E-state index in [0.29, 0.717) is 12.1 Å². The summed E-state index contributed by atoms with van der Waals surface area (Å²) in [5.41, 5.74) is -0.0496. The summed E-state index contributed by atoms with van der Waals surface area (Å²) >= 11 is 0. The average molecular weight is 261 g/mol. The van der Waals surface area contributed by atoms with Crippen molar-refractivity contribution in [3.63, 3.8) is 0 Å². The van der Waals surface area contributed by atoms with Crippen molar-refractivity contribution in [2.75, 3.05) is 6.61 Å². The van der Waals surface area contributed by atoms with Crippen molar-refractivity contribution in [1.29, 1.82) is 0 Å². The highest BCUT2D eigenvalue weighted by Gasteiger charge is 2.30. The second-order valence-electron chi connectivity index (χ2n) is 4.53. The summed E-state index contributed by atoms with van der Waals surface area (Å²) < 4.78 is 37.5. The van der Waals surface area contributed by atoms with Gasteiger partial charge in [0.1, 0.15) is 0 Å². The van der Waals surface area contributed by atoms with Crippen LogP contribution >= 0.6 is 0 Å². The first-order valence-corrected chi connectivity index (χ1v) is 5.85. The van der Waals surface area contributed by atoms with Gasteiger partial charge in [0.05, 0.1) is 5.56 Å². The van der Waals surface area contributed by atoms with Crippen LogP contribution in [0.25, 0.3) is 0 Å². The molecule has 102 valence electrons. The molecule has 1 rings (SSSR count). The largest absolute Gasteiger partial charge is 0.416 e. The van der Waals surface area contributed by atoms with Gasteiger partial charge in [0.25, 0.3) is 0 Å². The van der Waals surface area contributed by atoms with Crippen LogP contribution in [0.4, 0.5) is 13.2 Å². The standard InChI is InChI=1S/C13H18F3NO/c1-9(8-18)10(2)17-7-11-4-3-5-12(6-11)13(14,15)16/h3-6,9-10,17-18H,7-8H2,1-2H3. The van der Waals surface area contributed by atoms with Crippen LogP contribution in [-0.4, -0.2) is 17.8 Å². The lowest BCUT2D eigenvalue weighted by molar-refractivity contribution is -0.137. The van der Waals surface area contributed by atoms with E-state index in [4.69, 9.17) is 5.11 Å². The normalized spacial score (nSPS) is 15.4. The molecule has 2 atom stereocenters. The number of alkyl halides is 3. The van der Waals surface area contributed by atoms with Gasteiger partial charge in [0.15, 0.2) is 0 Å². The fourth-order valence-corrected chi connectivity index (χ4v) is 1.50. The number of benzene rings is 1.